The highest BCUT2D eigenvalue weighted by atomic mass is 35.5. The number of likely N-dealkylation sites (N-methyl/N-ethyl adjacent to an activating group) is 1. The minimum Gasteiger partial charge on any atom is -0.507 e. The van der Waals surface area contributed by atoms with E-state index in [4.69, 9.17) is 16.3 Å². The van der Waals surface area contributed by atoms with E-state index in [0.29, 0.717) is 17.1 Å². The van der Waals surface area contributed by atoms with Crippen LogP contribution in [0.3, 0.4) is 0 Å². The molecule has 2 aromatic carbocycles. The van der Waals surface area contributed by atoms with Crippen molar-refractivity contribution in [3.8, 4) is 11.5 Å². The highest BCUT2D eigenvalue weighted by molar-refractivity contribution is 6.30. The molecule has 0 heterocycles. The number of halogens is 1. The highest BCUT2D eigenvalue weighted by Crippen LogP contribution is 2.24. The molecule has 0 radical (unpaired) electrons. The molecule has 0 fully saturated rings. The summed E-state index contributed by atoms with van der Waals surface area (Å²) in [4.78, 5) is 6.57. The van der Waals surface area contributed by atoms with Crippen LogP contribution in [0, 0.1) is 0 Å². The number of rotatable bonds is 6. The lowest BCUT2D eigenvalue weighted by Crippen LogP contribution is -2.22. The van der Waals surface area contributed by atoms with Gasteiger partial charge in [0.15, 0.2) is 0 Å². The number of aromatic hydroxyl groups is 1. The third kappa shape index (κ3) is 4.71. The maximum Gasteiger partial charge on any atom is 0.124 e. The van der Waals surface area contributed by atoms with Gasteiger partial charge in [-0.2, -0.15) is 0 Å². The third-order valence-electron chi connectivity index (χ3n) is 3.60. The van der Waals surface area contributed by atoms with Crippen LogP contribution in [0.4, 0.5) is 0 Å². The molecule has 0 aliphatic heterocycles. The molecular weight excluding hydrogens is 312 g/mol. The van der Waals surface area contributed by atoms with Gasteiger partial charge in [0.25, 0.3) is 0 Å². The number of aliphatic imine (C=N–C) groups is 1. The summed E-state index contributed by atoms with van der Waals surface area (Å²) < 4.78 is 5.28. The molecule has 1 N–H and O–H groups in total. The third-order valence-corrected chi connectivity index (χ3v) is 3.84. The topological polar surface area (TPSA) is 45.1 Å². The lowest BCUT2D eigenvalue weighted by molar-refractivity contribution is 0.305. The van der Waals surface area contributed by atoms with Crippen LogP contribution in [0.1, 0.15) is 17.2 Å². The Labute approximate surface area is 142 Å². The Balaban J connectivity index is 2.16. The van der Waals surface area contributed by atoms with Gasteiger partial charge in [0.2, 0.25) is 0 Å². The van der Waals surface area contributed by atoms with E-state index in [1.54, 1.807) is 31.5 Å². The number of benzene rings is 2. The standard InChI is InChI=1S/C18H21ClN2O2/c1-21(2)17(13-5-4-6-16(10-13)23-3)12-20-11-14-9-15(19)7-8-18(14)22/h4-11,17,22H,12H2,1-3H3/t17-/m1/s1. The molecule has 2 rings (SSSR count). The summed E-state index contributed by atoms with van der Waals surface area (Å²) in [6.07, 6.45) is 1.65. The number of phenols is 1. The summed E-state index contributed by atoms with van der Waals surface area (Å²) >= 11 is 5.94. The van der Waals surface area contributed by atoms with Gasteiger partial charge >= 0.3 is 0 Å². The Kier molecular flexibility index (Phi) is 6.02. The molecule has 0 unspecified atom stereocenters. The predicted molar refractivity (Wildman–Crippen MR) is 95.0 cm³/mol. The lowest BCUT2D eigenvalue weighted by Gasteiger charge is -2.23. The summed E-state index contributed by atoms with van der Waals surface area (Å²) in [5.74, 6) is 0.992. The number of methoxy groups -OCH3 is 1. The van der Waals surface area contributed by atoms with E-state index in [1.807, 2.05) is 32.3 Å². The van der Waals surface area contributed by atoms with Crippen molar-refractivity contribution in [2.24, 2.45) is 4.99 Å². The molecule has 0 saturated heterocycles. The molecule has 23 heavy (non-hydrogen) atoms. The van der Waals surface area contributed by atoms with Gasteiger partial charge in [-0.3, -0.25) is 4.99 Å². The SMILES string of the molecule is COc1cccc([C@@H](CN=Cc2cc(Cl)ccc2O)N(C)C)c1. The second kappa shape index (κ2) is 7.99. The average molecular weight is 333 g/mol. The fourth-order valence-electron chi connectivity index (χ4n) is 2.30. The van der Waals surface area contributed by atoms with Gasteiger partial charge in [0.1, 0.15) is 11.5 Å². The first-order valence-corrected chi connectivity index (χ1v) is 7.67. The quantitative estimate of drug-likeness (QED) is 0.819. The normalized spacial score (nSPS) is 12.7. The second-order valence-electron chi connectivity index (χ2n) is 5.45. The molecule has 5 heteroatoms. The number of hydrogen-bond acceptors (Lipinski definition) is 4. The molecule has 0 aromatic heterocycles. The van der Waals surface area contributed by atoms with Gasteiger partial charge in [0, 0.05) is 16.8 Å². The Hall–Kier alpha value is -2.04. The zero-order chi connectivity index (χ0) is 16.8. The Morgan fingerprint density at radius 2 is 2.04 bits per heavy atom. The van der Waals surface area contributed by atoms with E-state index in [-0.39, 0.29) is 11.8 Å². The minimum absolute atomic E-state index is 0.114. The van der Waals surface area contributed by atoms with E-state index in [1.165, 1.54) is 0 Å². The average Bonchev–Trinajstić information content (AvgIpc) is 2.54. The van der Waals surface area contributed by atoms with Crippen molar-refractivity contribution in [2.75, 3.05) is 27.7 Å². The molecule has 122 valence electrons. The van der Waals surface area contributed by atoms with Gasteiger partial charge < -0.3 is 14.7 Å². The van der Waals surface area contributed by atoms with Gasteiger partial charge in [-0.15, -0.1) is 0 Å². The lowest BCUT2D eigenvalue weighted by atomic mass is 10.1. The molecule has 0 aliphatic carbocycles. The van der Waals surface area contributed by atoms with Crippen LogP contribution in [-0.2, 0) is 0 Å². The summed E-state index contributed by atoms with van der Waals surface area (Å²) in [6, 6.07) is 13.0. The minimum atomic E-state index is 0.114. The predicted octanol–water partition coefficient (Wildman–Crippen LogP) is 3.78. The molecule has 0 amide bonds. The van der Waals surface area contributed by atoms with E-state index < -0.39 is 0 Å². The van der Waals surface area contributed by atoms with Crippen molar-refractivity contribution >= 4 is 17.8 Å². The molecule has 0 bridgehead atoms. The van der Waals surface area contributed by atoms with Crippen molar-refractivity contribution in [1.82, 2.24) is 4.90 Å². The van der Waals surface area contributed by atoms with Crippen LogP contribution in [0.2, 0.25) is 5.02 Å². The molecule has 1 atom stereocenters. The molecule has 0 saturated carbocycles. The second-order valence-corrected chi connectivity index (χ2v) is 5.89. The van der Waals surface area contributed by atoms with Crippen LogP contribution in [0.5, 0.6) is 11.5 Å². The van der Waals surface area contributed by atoms with E-state index in [0.717, 1.165) is 11.3 Å². The maximum atomic E-state index is 9.82. The molecule has 2 aromatic rings. The fraction of sp³-hybridized carbons (Fsp3) is 0.278. The van der Waals surface area contributed by atoms with Crippen LogP contribution >= 0.6 is 11.6 Å². The van der Waals surface area contributed by atoms with Gasteiger partial charge in [-0.1, -0.05) is 23.7 Å². The molecule has 4 nitrogen and oxygen atoms in total. The highest BCUT2D eigenvalue weighted by Gasteiger charge is 2.14. The number of ether oxygens (including phenoxy) is 1. The maximum absolute atomic E-state index is 9.82. The Morgan fingerprint density at radius 3 is 2.74 bits per heavy atom. The first-order valence-electron chi connectivity index (χ1n) is 7.30. The van der Waals surface area contributed by atoms with Crippen molar-refractivity contribution in [1.29, 1.82) is 0 Å². The first-order chi connectivity index (χ1) is 11.0. The number of nitrogens with zero attached hydrogens (tertiary/aromatic N) is 2. The van der Waals surface area contributed by atoms with E-state index in [2.05, 4.69) is 16.0 Å². The molecule has 0 spiro atoms. The number of hydrogen-bond donors (Lipinski definition) is 1. The fourth-order valence-corrected chi connectivity index (χ4v) is 2.48. The summed E-state index contributed by atoms with van der Waals surface area (Å²) in [7, 11) is 5.68. The van der Waals surface area contributed by atoms with Crippen molar-refractivity contribution < 1.29 is 9.84 Å². The Morgan fingerprint density at radius 1 is 1.26 bits per heavy atom. The van der Waals surface area contributed by atoms with Gasteiger partial charge in [-0.05, 0) is 50.0 Å². The van der Waals surface area contributed by atoms with Crippen molar-refractivity contribution in [3.05, 3.63) is 58.6 Å². The van der Waals surface area contributed by atoms with E-state index in [9.17, 15) is 5.11 Å². The van der Waals surface area contributed by atoms with Gasteiger partial charge in [-0.25, -0.2) is 0 Å². The van der Waals surface area contributed by atoms with Crippen molar-refractivity contribution in [2.45, 2.75) is 6.04 Å². The zero-order valence-corrected chi connectivity index (χ0v) is 14.3. The van der Waals surface area contributed by atoms with E-state index >= 15 is 0 Å². The summed E-state index contributed by atoms with van der Waals surface area (Å²) in [5, 5.41) is 10.4. The largest absolute Gasteiger partial charge is 0.507 e. The number of phenolic OH excluding ortho intramolecular Hbond substituents is 1. The zero-order valence-electron chi connectivity index (χ0n) is 13.5. The summed E-state index contributed by atoms with van der Waals surface area (Å²) in [6.45, 7) is 0.562. The Bertz CT molecular complexity index is 686. The van der Waals surface area contributed by atoms with Crippen LogP contribution in [0.25, 0.3) is 0 Å². The molecule has 0 aliphatic rings. The van der Waals surface area contributed by atoms with Crippen molar-refractivity contribution in [3.63, 3.8) is 0 Å². The summed E-state index contributed by atoms with van der Waals surface area (Å²) in [5.41, 5.74) is 1.74. The monoisotopic (exact) mass is 332 g/mol. The van der Waals surface area contributed by atoms with Crippen LogP contribution < -0.4 is 4.74 Å². The molecular formula is C18H21ClN2O2. The smallest absolute Gasteiger partial charge is 0.124 e. The van der Waals surface area contributed by atoms with Crippen LogP contribution in [0.15, 0.2) is 47.5 Å². The first kappa shape index (κ1) is 17.3. The van der Waals surface area contributed by atoms with Gasteiger partial charge in [0.05, 0.1) is 19.7 Å². The van der Waals surface area contributed by atoms with Crippen LogP contribution in [-0.4, -0.2) is 44.0 Å².